The van der Waals surface area contributed by atoms with Crippen LogP contribution in [-0.2, 0) is 21.4 Å². The lowest BCUT2D eigenvalue weighted by Gasteiger charge is -2.30. The molecule has 0 radical (unpaired) electrons. The number of Topliss-reactive ketones (excluding diaryl/α,β-unsaturated/α-hetero) is 1. The molecule has 1 heterocycles. The first-order valence-electron chi connectivity index (χ1n) is 9.40. The van der Waals surface area contributed by atoms with Gasteiger partial charge < -0.3 is 5.32 Å². The van der Waals surface area contributed by atoms with Crippen LogP contribution in [0, 0.1) is 5.92 Å². The van der Waals surface area contributed by atoms with Crippen molar-refractivity contribution in [2.24, 2.45) is 5.92 Å². The Balaban J connectivity index is 1.56. The van der Waals surface area contributed by atoms with Crippen molar-refractivity contribution in [1.82, 2.24) is 9.62 Å². The molecule has 0 saturated carbocycles. The number of amides is 1. The summed E-state index contributed by atoms with van der Waals surface area (Å²) >= 11 is 5.95. The summed E-state index contributed by atoms with van der Waals surface area (Å²) in [7, 11) is -3.64. The number of nitrogens with one attached hydrogen (secondary N) is 1. The van der Waals surface area contributed by atoms with E-state index >= 15 is 0 Å². The van der Waals surface area contributed by atoms with Crippen LogP contribution in [0.15, 0.2) is 53.4 Å². The minimum atomic E-state index is -3.64. The molecule has 0 aromatic heterocycles. The van der Waals surface area contributed by atoms with Crippen molar-refractivity contribution in [3.8, 4) is 0 Å². The molecule has 1 saturated heterocycles. The third-order valence-electron chi connectivity index (χ3n) is 5.08. The fourth-order valence-corrected chi connectivity index (χ4v) is 5.03. The van der Waals surface area contributed by atoms with E-state index in [0.29, 0.717) is 30.0 Å². The van der Waals surface area contributed by atoms with Gasteiger partial charge in [0.05, 0.1) is 4.90 Å². The number of sulfonamides is 1. The van der Waals surface area contributed by atoms with Crippen molar-refractivity contribution < 1.29 is 18.0 Å². The molecule has 0 spiro atoms. The van der Waals surface area contributed by atoms with Gasteiger partial charge in [-0.25, -0.2) is 8.42 Å². The number of piperidine rings is 1. The number of halogens is 1. The van der Waals surface area contributed by atoms with Crippen LogP contribution >= 0.6 is 11.6 Å². The van der Waals surface area contributed by atoms with Crippen LogP contribution < -0.4 is 5.32 Å². The topological polar surface area (TPSA) is 83.6 Å². The van der Waals surface area contributed by atoms with Gasteiger partial charge in [-0.3, -0.25) is 9.59 Å². The highest BCUT2D eigenvalue weighted by molar-refractivity contribution is 7.89. The maximum Gasteiger partial charge on any atom is 0.243 e. The Morgan fingerprint density at radius 3 is 2.34 bits per heavy atom. The van der Waals surface area contributed by atoms with Crippen molar-refractivity contribution in [1.29, 1.82) is 0 Å². The molecule has 1 aliphatic heterocycles. The van der Waals surface area contributed by atoms with E-state index in [1.807, 2.05) is 12.1 Å². The summed E-state index contributed by atoms with van der Waals surface area (Å²) in [5.41, 5.74) is 1.39. The van der Waals surface area contributed by atoms with Gasteiger partial charge in [0, 0.05) is 36.1 Å². The Kier molecular flexibility index (Phi) is 6.72. The van der Waals surface area contributed by atoms with Gasteiger partial charge in [0.1, 0.15) is 0 Å². The van der Waals surface area contributed by atoms with E-state index in [4.69, 9.17) is 11.6 Å². The summed E-state index contributed by atoms with van der Waals surface area (Å²) in [4.78, 5) is 24.0. The van der Waals surface area contributed by atoms with E-state index in [2.05, 4.69) is 5.32 Å². The van der Waals surface area contributed by atoms with Gasteiger partial charge in [0.15, 0.2) is 5.78 Å². The first kappa shape index (κ1) is 21.5. The number of nitrogens with zero attached hydrogens (tertiary/aromatic N) is 1. The fourth-order valence-electron chi connectivity index (χ4n) is 3.35. The molecule has 1 fully saturated rings. The van der Waals surface area contributed by atoms with Crippen LogP contribution in [0.4, 0.5) is 0 Å². The van der Waals surface area contributed by atoms with Gasteiger partial charge >= 0.3 is 0 Å². The lowest BCUT2D eigenvalue weighted by molar-refractivity contribution is -0.126. The van der Waals surface area contributed by atoms with Crippen LogP contribution in [0.3, 0.4) is 0 Å². The minimum Gasteiger partial charge on any atom is -0.352 e. The van der Waals surface area contributed by atoms with Crippen molar-refractivity contribution in [3.05, 3.63) is 64.7 Å². The van der Waals surface area contributed by atoms with Gasteiger partial charge in [0.2, 0.25) is 15.9 Å². The largest absolute Gasteiger partial charge is 0.352 e. The fraction of sp³-hybridized carbons (Fsp3) is 0.333. The maximum absolute atomic E-state index is 12.8. The lowest BCUT2D eigenvalue weighted by atomic mass is 9.97. The molecule has 1 aliphatic rings. The molecule has 0 bridgehead atoms. The van der Waals surface area contributed by atoms with Crippen molar-refractivity contribution in [2.75, 3.05) is 13.1 Å². The average molecular weight is 435 g/mol. The first-order chi connectivity index (χ1) is 13.8. The van der Waals surface area contributed by atoms with Gasteiger partial charge in [-0.05, 0) is 49.6 Å². The molecule has 1 N–H and O–H groups in total. The van der Waals surface area contributed by atoms with Gasteiger partial charge in [-0.2, -0.15) is 4.31 Å². The number of rotatable bonds is 6. The highest BCUT2D eigenvalue weighted by atomic mass is 35.5. The molecule has 3 rings (SSSR count). The van der Waals surface area contributed by atoms with Crippen LogP contribution in [0.25, 0.3) is 0 Å². The van der Waals surface area contributed by atoms with E-state index < -0.39 is 10.0 Å². The SMILES string of the molecule is CC(=O)c1ccc(S(=O)(=O)N2CCC(C(=O)NCc3cccc(Cl)c3)CC2)cc1. The Labute approximate surface area is 175 Å². The predicted molar refractivity (Wildman–Crippen MR) is 111 cm³/mol. The number of ketones is 1. The second-order valence-electron chi connectivity index (χ2n) is 7.11. The van der Waals surface area contributed by atoms with Crippen LogP contribution in [0.1, 0.15) is 35.7 Å². The minimum absolute atomic E-state index is 0.0761. The van der Waals surface area contributed by atoms with Crippen molar-refractivity contribution in [2.45, 2.75) is 31.2 Å². The summed E-state index contributed by atoms with van der Waals surface area (Å²) in [6.07, 6.45) is 0.929. The number of carbonyl (C=O) groups is 2. The van der Waals surface area contributed by atoms with Gasteiger partial charge in [-0.1, -0.05) is 35.9 Å². The normalized spacial score (nSPS) is 15.8. The molecule has 2 aromatic carbocycles. The zero-order valence-corrected chi connectivity index (χ0v) is 17.7. The standard InChI is InChI=1S/C21H23ClN2O4S/c1-15(25)17-5-7-20(8-6-17)29(27,28)24-11-9-18(10-12-24)21(26)23-14-16-3-2-4-19(22)13-16/h2-8,13,18H,9-12,14H2,1H3,(H,23,26). The Morgan fingerprint density at radius 1 is 1.10 bits per heavy atom. The van der Waals surface area contributed by atoms with Crippen LogP contribution in [-0.4, -0.2) is 37.5 Å². The molecule has 29 heavy (non-hydrogen) atoms. The molecular formula is C21H23ClN2O4S. The monoisotopic (exact) mass is 434 g/mol. The summed E-state index contributed by atoms with van der Waals surface area (Å²) in [5.74, 6) is -0.410. The molecule has 0 unspecified atom stereocenters. The van der Waals surface area contributed by atoms with Crippen LogP contribution in [0.2, 0.25) is 5.02 Å². The molecule has 8 heteroatoms. The zero-order chi connectivity index (χ0) is 21.0. The summed E-state index contributed by atoms with van der Waals surface area (Å²) in [6, 6.07) is 13.2. The predicted octanol–water partition coefficient (Wildman–Crippen LogP) is 3.26. The third-order valence-corrected chi connectivity index (χ3v) is 7.23. The Morgan fingerprint density at radius 2 is 1.76 bits per heavy atom. The summed E-state index contributed by atoms with van der Waals surface area (Å²) in [5, 5.41) is 3.52. The third kappa shape index (κ3) is 5.23. The molecule has 1 amide bonds. The highest BCUT2D eigenvalue weighted by Gasteiger charge is 2.32. The van der Waals surface area contributed by atoms with E-state index in [9.17, 15) is 18.0 Å². The summed E-state index contributed by atoms with van der Waals surface area (Å²) < 4.78 is 27.0. The number of hydrogen-bond acceptors (Lipinski definition) is 4. The number of hydrogen-bond donors (Lipinski definition) is 1. The molecule has 0 atom stereocenters. The lowest BCUT2D eigenvalue weighted by Crippen LogP contribution is -2.42. The Hall–Kier alpha value is -2.22. The maximum atomic E-state index is 12.8. The average Bonchev–Trinajstić information content (AvgIpc) is 2.72. The van der Waals surface area contributed by atoms with Crippen LogP contribution in [0.5, 0.6) is 0 Å². The zero-order valence-electron chi connectivity index (χ0n) is 16.1. The highest BCUT2D eigenvalue weighted by Crippen LogP contribution is 2.24. The second-order valence-corrected chi connectivity index (χ2v) is 9.48. The van der Waals surface area contributed by atoms with E-state index in [-0.39, 0.29) is 35.6 Å². The summed E-state index contributed by atoms with van der Waals surface area (Å²) in [6.45, 7) is 2.39. The number of carbonyl (C=O) groups excluding carboxylic acids is 2. The van der Waals surface area contributed by atoms with Gasteiger partial charge in [0.25, 0.3) is 0 Å². The quantitative estimate of drug-likeness (QED) is 0.707. The van der Waals surface area contributed by atoms with E-state index in [0.717, 1.165) is 5.56 Å². The van der Waals surface area contributed by atoms with Crippen molar-refractivity contribution in [3.63, 3.8) is 0 Å². The van der Waals surface area contributed by atoms with Crippen molar-refractivity contribution >= 4 is 33.3 Å². The van der Waals surface area contributed by atoms with E-state index in [1.165, 1.54) is 35.5 Å². The second kappa shape index (κ2) is 9.07. The molecular weight excluding hydrogens is 412 g/mol. The van der Waals surface area contributed by atoms with E-state index in [1.54, 1.807) is 12.1 Å². The smallest absolute Gasteiger partial charge is 0.243 e. The molecule has 2 aromatic rings. The Bertz CT molecular complexity index is 998. The van der Waals surface area contributed by atoms with Gasteiger partial charge in [-0.15, -0.1) is 0 Å². The molecule has 154 valence electrons. The number of benzene rings is 2. The molecule has 6 nitrogen and oxygen atoms in total. The molecule has 0 aliphatic carbocycles. The first-order valence-corrected chi connectivity index (χ1v) is 11.2.